The first-order chi connectivity index (χ1) is 12.6. The molecule has 0 N–H and O–H groups in total. The Bertz CT molecular complexity index is 933. The van der Waals surface area contributed by atoms with E-state index in [0.29, 0.717) is 16.9 Å². The number of hydrogen-bond acceptors (Lipinski definition) is 3. The van der Waals surface area contributed by atoms with Crippen molar-refractivity contribution in [2.45, 2.75) is 20.0 Å². The fraction of sp³-hybridized carbons (Fsp3) is 0.130. The second-order valence-corrected chi connectivity index (χ2v) is 6.20. The largest absolute Gasteiger partial charge is 0.483 e. The van der Waals surface area contributed by atoms with Gasteiger partial charge in [0.2, 0.25) is 5.78 Å². The number of carbonyl (C=O) groups excluding carboxylic acids is 1. The molecule has 3 nitrogen and oxygen atoms in total. The molecule has 0 aromatic heterocycles. The van der Waals surface area contributed by atoms with Crippen molar-refractivity contribution >= 4 is 5.78 Å². The number of rotatable bonds is 5. The zero-order valence-electron chi connectivity index (χ0n) is 14.8. The highest BCUT2D eigenvalue weighted by Crippen LogP contribution is 2.23. The maximum Gasteiger partial charge on any atom is 0.202 e. The van der Waals surface area contributed by atoms with E-state index in [4.69, 9.17) is 10.00 Å². The predicted octanol–water partition coefficient (Wildman–Crippen LogP) is 5.18. The summed E-state index contributed by atoms with van der Waals surface area (Å²) >= 11 is 0. The standard InChI is InChI=1S/C23H19NO2/c1-16-3-7-21(8-4-16)23(25)17(2)26-22-13-11-20(12-14-22)19-9-5-18(15-24)6-10-19/h3-14,17H,1-2H3/t17-/m1/s1. The van der Waals surface area contributed by atoms with Gasteiger partial charge in [-0.25, -0.2) is 0 Å². The SMILES string of the molecule is Cc1ccc(C(=O)[C@@H](C)Oc2ccc(-c3ccc(C#N)cc3)cc2)cc1. The van der Waals surface area contributed by atoms with E-state index in [1.807, 2.05) is 67.6 Å². The van der Waals surface area contributed by atoms with E-state index in [2.05, 4.69) is 6.07 Å². The van der Waals surface area contributed by atoms with Gasteiger partial charge in [0.15, 0.2) is 6.10 Å². The molecule has 0 radical (unpaired) electrons. The Morgan fingerprint density at radius 2 is 1.42 bits per heavy atom. The zero-order chi connectivity index (χ0) is 18.5. The third-order valence-electron chi connectivity index (χ3n) is 4.22. The summed E-state index contributed by atoms with van der Waals surface area (Å²) in [4.78, 5) is 12.5. The van der Waals surface area contributed by atoms with Gasteiger partial charge < -0.3 is 4.74 Å². The Balaban J connectivity index is 1.69. The molecule has 0 unspecified atom stereocenters. The van der Waals surface area contributed by atoms with E-state index in [-0.39, 0.29) is 5.78 Å². The van der Waals surface area contributed by atoms with Crippen LogP contribution in [-0.4, -0.2) is 11.9 Å². The van der Waals surface area contributed by atoms with E-state index in [9.17, 15) is 4.79 Å². The van der Waals surface area contributed by atoms with Gasteiger partial charge in [-0.05, 0) is 49.2 Å². The topological polar surface area (TPSA) is 50.1 Å². The van der Waals surface area contributed by atoms with E-state index < -0.39 is 6.10 Å². The maximum atomic E-state index is 12.5. The average Bonchev–Trinajstić information content (AvgIpc) is 2.68. The highest BCUT2D eigenvalue weighted by atomic mass is 16.5. The van der Waals surface area contributed by atoms with Gasteiger partial charge in [0.1, 0.15) is 5.75 Å². The molecule has 3 aromatic carbocycles. The number of ether oxygens (including phenoxy) is 1. The lowest BCUT2D eigenvalue weighted by Crippen LogP contribution is -2.23. The molecule has 128 valence electrons. The Morgan fingerprint density at radius 1 is 0.885 bits per heavy atom. The maximum absolute atomic E-state index is 12.5. The van der Waals surface area contributed by atoms with Crippen molar-refractivity contribution < 1.29 is 9.53 Å². The lowest BCUT2D eigenvalue weighted by Gasteiger charge is -2.14. The van der Waals surface area contributed by atoms with Gasteiger partial charge in [0.05, 0.1) is 11.6 Å². The van der Waals surface area contributed by atoms with Crippen LogP contribution in [-0.2, 0) is 0 Å². The lowest BCUT2D eigenvalue weighted by atomic mass is 10.0. The van der Waals surface area contributed by atoms with E-state index >= 15 is 0 Å². The van der Waals surface area contributed by atoms with Crippen LogP contribution >= 0.6 is 0 Å². The van der Waals surface area contributed by atoms with Crippen molar-refractivity contribution in [1.29, 1.82) is 5.26 Å². The average molecular weight is 341 g/mol. The number of ketones is 1. The summed E-state index contributed by atoms with van der Waals surface area (Å²) in [5.41, 5.74) is 4.46. The van der Waals surface area contributed by atoms with E-state index in [1.165, 1.54) is 0 Å². The van der Waals surface area contributed by atoms with Crippen LogP contribution in [0.3, 0.4) is 0 Å². The first-order valence-electron chi connectivity index (χ1n) is 8.45. The molecule has 1 atom stereocenters. The second-order valence-electron chi connectivity index (χ2n) is 6.20. The molecular weight excluding hydrogens is 322 g/mol. The number of aryl methyl sites for hydroxylation is 1. The van der Waals surface area contributed by atoms with Gasteiger partial charge in [-0.3, -0.25) is 4.79 Å². The van der Waals surface area contributed by atoms with Crippen molar-refractivity contribution in [1.82, 2.24) is 0 Å². The van der Waals surface area contributed by atoms with Crippen LogP contribution in [0.5, 0.6) is 5.75 Å². The number of Topliss-reactive ketones (excluding diaryl/α,β-unsaturated/α-hetero) is 1. The number of nitriles is 1. The molecule has 26 heavy (non-hydrogen) atoms. The smallest absolute Gasteiger partial charge is 0.202 e. The van der Waals surface area contributed by atoms with Crippen LogP contribution in [0.4, 0.5) is 0 Å². The van der Waals surface area contributed by atoms with Crippen LogP contribution < -0.4 is 4.74 Å². The Kier molecular flexibility index (Phi) is 5.15. The van der Waals surface area contributed by atoms with Crippen molar-refractivity contribution in [3.05, 3.63) is 89.5 Å². The first kappa shape index (κ1) is 17.4. The number of benzene rings is 3. The van der Waals surface area contributed by atoms with Crippen molar-refractivity contribution in [2.24, 2.45) is 0 Å². The summed E-state index contributed by atoms with van der Waals surface area (Å²) in [7, 11) is 0. The van der Waals surface area contributed by atoms with Crippen molar-refractivity contribution in [3.8, 4) is 22.9 Å². The lowest BCUT2D eigenvalue weighted by molar-refractivity contribution is 0.0818. The summed E-state index contributed by atoms with van der Waals surface area (Å²) in [6, 6.07) is 24.6. The quantitative estimate of drug-likeness (QED) is 0.601. The number of nitrogens with zero attached hydrogens (tertiary/aromatic N) is 1. The number of hydrogen-bond donors (Lipinski definition) is 0. The van der Waals surface area contributed by atoms with Gasteiger partial charge in [-0.15, -0.1) is 0 Å². The summed E-state index contributed by atoms with van der Waals surface area (Å²) in [5.74, 6) is 0.608. The van der Waals surface area contributed by atoms with Crippen LogP contribution in [0.15, 0.2) is 72.8 Å². The van der Waals surface area contributed by atoms with Gasteiger partial charge >= 0.3 is 0 Å². The third-order valence-corrected chi connectivity index (χ3v) is 4.22. The molecule has 0 fully saturated rings. The monoisotopic (exact) mass is 341 g/mol. The third kappa shape index (κ3) is 3.99. The van der Waals surface area contributed by atoms with E-state index in [1.54, 1.807) is 19.1 Å². The molecule has 0 bridgehead atoms. The van der Waals surface area contributed by atoms with Crippen LogP contribution in [0.2, 0.25) is 0 Å². The molecular formula is C23H19NO2. The van der Waals surface area contributed by atoms with Gasteiger partial charge in [0, 0.05) is 5.56 Å². The molecule has 0 saturated heterocycles. The van der Waals surface area contributed by atoms with Gasteiger partial charge in [0.25, 0.3) is 0 Å². The molecule has 0 aliphatic heterocycles. The molecule has 0 aliphatic carbocycles. The van der Waals surface area contributed by atoms with Crippen LogP contribution in [0, 0.1) is 18.3 Å². The minimum atomic E-state index is -0.557. The van der Waals surface area contributed by atoms with Crippen LogP contribution in [0.1, 0.15) is 28.4 Å². The molecule has 3 heteroatoms. The summed E-state index contributed by atoms with van der Waals surface area (Å²) in [5, 5.41) is 8.87. The fourth-order valence-corrected chi connectivity index (χ4v) is 2.67. The Morgan fingerprint density at radius 3 is 1.96 bits per heavy atom. The fourth-order valence-electron chi connectivity index (χ4n) is 2.67. The molecule has 0 spiro atoms. The Labute approximate surface area is 153 Å². The molecule has 0 saturated carbocycles. The molecule has 3 aromatic rings. The molecule has 3 rings (SSSR count). The van der Waals surface area contributed by atoms with Crippen LogP contribution in [0.25, 0.3) is 11.1 Å². The second kappa shape index (κ2) is 7.67. The normalized spacial score (nSPS) is 11.4. The molecule has 0 heterocycles. The molecule has 0 aliphatic rings. The van der Waals surface area contributed by atoms with Gasteiger partial charge in [-0.2, -0.15) is 5.26 Å². The van der Waals surface area contributed by atoms with E-state index in [0.717, 1.165) is 16.7 Å². The number of carbonyl (C=O) groups is 1. The zero-order valence-corrected chi connectivity index (χ0v) is 14.8. The summed E-state index contributed by atoms with van der Waals surface area (Å²) in [6.07, 6.45) is -0.557. The van der Waals surface area contributed by atoms with Gasteiger partial charge in [-0.1, -0.05) is 54.1 Å². The Hall–Kier alpha value is -3.38. The summed E-state index contributed by atoms with van der Waals surface area (Å²) < 4.78 is 5.80. The highest BCUT2D eigenvalue weighted by molar-refractivity contribution is 5.99. The van der Waals surface area contributed by atoms with Crippen molar-refractivity contribution in [2.75, 3.05) is 0 Å². The predicted molar refractivity (Wildman–Crippen MR) is 102 cm³/mol. The highest BCUT2D eigenvalue weighted by Gasteiger charge is 2.16. The molecule has 0 amide bonds. The first-order valence-corrected chi connectivity index (χ1v) is 8.45. The summed E-state index contributed by atoms with van der Waals surface area (Å²) in [6.45, 7) is 3.75. The minimum Gasteiger partial charge on any atom is -0.483 e. The van der Waals surface area contributed by atoms with Crippen molar-refractivity contribution in [3.63, 3.8) is 0 Å². The minimum absolute atomic E-state index is 0.0406.